The third-order valence-electron chi connectivity index (χ3n) is 2.44. The Bertz CT molecular complexity index is 731. The first-order valence-corrected chi connectivity index (χ1v) is 7.27. The predicted octanol–water partition coefficient (Wildman–Crippen LogP) is 1.96. The van der Waals surface area contributed by atoms with Gasteiger partial charge in [0.05, 0.1) is 17.1 Å². The summed E-state index contributed by atoms with van der Waals surface area (Å²) in [5, 5.41) is 5.61. The van der Waals surface area contributed by atoms with Crippen LogP contribution in [0, 0.1) is 0 Å². The van der Waals surface area contributed by atoms with E-state index in [0.29, 0.717) is 12.1 Å². The summed E-state index contributed by atoms with van der Waals surface area (Å²) in [6, 6.07) is 2.07. The summed E-state index contributed by atoms with van der Waals surface area (Å²) in [6.07, 6.45) is -3.50. The van der Waals surface area contributed by atoms with Gasteiger partial charge in [-0.2, -0.15) is 18.3 Å². The number of benzene rings is 1. The van der Waals surface area contributed by atoms with Gasteiger partial charge in [0.25, 0.3) is 0 Å². The number of aromatic amines is 1. The summed E-state index contributed by atoms with van der Waals surface area (Å²) in [7, 11) is -4.22. The molecule has 0 unspecified atom stereocenters. The molecule has 1 aromatic heterocycles. The molecule has 0 aliphatic carbocycles. The molecule has 2 N–H and O–H groups in total. The summed E-state index contributed by atoms with van der Waals surface area (Å²) in [5.74, 6) is 0.210. The molecule has 1 aromatic carbocycles. The molecule has 2 aromatic rings. The number of hydrogen-bond acceptors (Lipinski definition) is 4. The number of nitrogens with zero attached hydrogens (tertiary/aromatic N) is 2. The number of hydrogen-bond donors (Lipinski definition) is 2. The van der Waals surface area contributed by atoms with E-state index in [1.807, 2.05) is 0 Å². The maximum Gasteiger partial charge on any atom is 0.416 e. The van der Waals surface area contributed by atoms with Gasteiger partial charge in [-0.3, -0.25) is 5.10 Å². The standard InChI is InChI=1S/C10H8ClF3N4O2S/c11-7-2-1-6(10(12,13)14)3-8(7)21(19,20)17-4-9-15-5-16-18-9/h1-3,5,17H,4H2,(H,15,16,18). The van der Waals surface area contributed by atoms with E-state index in [1.54, 1.807) is 0 Å². The maximum absolute atomic E-state index is 12.6. The van der Waals surface area contributed by atoms with Crippen LogP contribution in [0.15, 0.2) is 29.4 Å². The second-order valence-corrected chi connectivity index (χ2v) is 6.04. The average molecular weight is 341 g/mol. The summed E-state index contributed by atoms with van der Waals surface area (Å²) in [5.41, 5.74) is -1.10. The lowest BCUT2D eigenvalue weighted by molar-refractivity contribution is -0.137. The van der Waals surface area contributed by atoms with Crippen molar-refractivity contribution in [3.63, 3.8) is 0 Å². The lowest BCUT2D eigenvalue weighted by atomic mass is 10.2. The molecule has 0 spiro atoms. The van der Waals surface area contributed by atoms with Gasteiger partial charge in [-0.25, -0.2) is 18.1 Å². The van der Waals surface area contributed by atoms with Crippen LogP contribution in [-0.4, -0.2) is 23.6 Å². The van der Waals surface area contributed by atoms with Crippen molar-refractivity contribution < 1.29 is 21.6 Å². The van der Waals surface area contributed by atoms with Crippen LogP contribution >= 0.6 is 11.6 Å². The van der Waals surface area contributed by atoms with Crippen molar-refractivity contribution in [2.45, 2.75) is 17.6 Å². The van der Waals surface area contributed by atoms with Crippen LogP contribution < -0.4 is 4.72 Å². The minimum atomic E-state index is -4.67. The van der Waals surface area contributed by atoms with E-state index < -0.39 is 26.7 Å². The minimum Gasteiger partial charge on any atom is -0.262 e. The molecule has 2 rings (SSSR count). The topological polar surface area (TPSA) is 87.7 Å². The zero-order valence-corrected chi connectivity index (χ0v) is 11.7. The third kappa shape index (κ3) is 3.71. The van der Waals surface area contributed by atoms with Crippen molar-refractivity contribution in [1.82, 2.24) is 19.9 Å². The van der Waals surface area contributed by atoms with E-state index in [9.17, 15) is 21.6 Å². The number of aromatic nitrogens is 3. The van der Waals surface area contributed by atoms with E-state index in [4.69, 9.17) is 11.6 Å². The van der Waals surface area contributed by atoms with Crippen LogP contribution in [0.1, 0.15) is 11.4 Å². The van der Waals surface area contributed by atoms with Gasteiger partial charge in [-0.05, 0) is 18.2 Å². The molecule has 0 radical (unpaired) electrons. The Morgan fingerprint density at radius 2 is 2.05 bits per heavy atom. The van der Waals surface area contributed by atoms with Gasteiger partial charge in [-0.15, -0.1) is 0 Å². The van der Waals surface area contributed by atoms with Gasteiger partial charge >= 0.3 is 6.18 Å². The molecule has 0 aliphatic rings. The molecule has 6 nitrogen and oxygen atoms in total. The lowest BCUT2D eigenvalue weighted by Gasteiger charge is -2.11. The molecule has 0 bridgehead atoms. The second-order valence-electron chi connectivity index (χ2n) is 3.90. The second kappa shape index (κ2) is 5.62. The highest BCUT2D eigenvalue weighted by atomic mass is 35.5. The van der Waals surface area contributed by atoms with E-state index in [1.165, 1.54) is 6.33 Å². The number of nitrogens with one attached hydrogen (secondary N) is 2. The van der Waals surface area contributed by atoms with Crippen LogP contribution in [0.3, 0.4) is 0 Å². The van der Waals surface area contributed by atoms with Crippen LogP contribution in [0.4, 0.5) is 13.2 Å². The normalized spacial score (nSPS) is 12.6. The molecule has 0 aliphatic heterocycles. The highest BCUT2D eigenvalue weighted by Gasteiger charge is 2.32. The van der Waals surface area contributed by atoms with Crippen molar-refractivity contribution in [3.8, 4) is 0 Å². The molecule has 0 amide bonds. The number of alkyl halides is 3. The van der Waals surface area contributed by atoms with Crippen molar-refractivity contribution in [1.29, 1.82) is 0 Å². The van der Waals surface area contributed by atoms with Crippen LogP contribution in [0.25, 0.3) is 0 Å². The summed E-state index contributed by atoms with van der Waals surface area (Å²) in [4.78, 5) is 3.03. The first-order valence-electron chi connectivity index (χ1n) is 5.41. The molecule has 0 saturated carbocycles. The minimum absolute atomic E-state index is 0.210. The molecular formula is C10H8ClF3N4O2S. The van der Waals surface area contributed by atoms with E-state index in [2.05, 4.69) is 19.9 Å². The van der Waals surface area contributed by atoms with Crippen LogP contribution in [-0.2, 0) is 22.7 Å². The Hall–Kier alpha value is -1.65. The van der Waals surface area contributed by atoms with Gasteiger partial charge in [0, 0.05) is 0 Å². The zero-order chi connectivity index (χ0) is 15.7. The molecule has 21 heavy (non-hydrogen) atoms. The molecule has 0 fully saturated rings. The smallest absolute Gasteiger partial charge is 0.262 e. The van der Waals surface area contributed by atoms with Crippen LogP contribution in [0.2, 0.25) is 5.02 Å². The van der Waals surface area contributed by atoms with Gasteiger partial charge in [-0.1, -0.05) is 11.6 Å². The monoisotopic (exact) mass is 340 g/mol. The molecule has 0 saturated heterocycles. The van der Waals surface area contributed by atoms with Crippen molar-refractivity contribution >= 4 is 21.6 Å². The maximum atomic E-state index is 12.6. The fourth-order valence-corrected chi connectivity index (χ4v) is 2.95. The first kappa shape index (κ1) is 15.7. The summed E-state index contributed by atoms with van der Waals surface area (Å²) < 4.78 is 63.9. The quantitative estimate of drug-likeness (QED) is 0.890. The Morgan fingerprint density at radius 3 is 2.62 bits per heavy atom. The number of halogens is 4. The summed E-state index contributed by atoms with van der Waals surface area (Å²) >= 11 is 5.67. The molecular weight excluding hydrogens is 333 g/mol. The Morgan fingerprint density at radius 1 is 1.33 bits per heavy atom. The van der Waals surface area contributed by atoms with Gasteiger partial charge < -0.3 is 0 Å². The van der Waals surface area contributed by atoms with E-state index in [-0.39, 0.29) is 17.4 Å². The molecule has 114 valence electrons. The Balaban J connectivity index is 2.31. The fraction of sp³-hybridized carbons (Fsp3) is 0.200. The molecule has 11 heteroatoms. The van der Waals surface area contributed by atoms with Crippen molar-refractivity contribution in [2.75, 3.05) is 0 Å². The molecule has 1 heterocycles. The van der Waals surface area contributed by atoms with E-state index >= 15 is 0 Å². The van der Waals surface area contributed by atoms with Gasteiger partial charge in [0.15, 0.2) is 0 Å². The number of rotatable bonds is 4. The van der Waals surface area contributed by atoms with Gasteiger partial charge in [0.1, 0.15) is 17.0 Å². The van der Waals surface area contributed by atoms with Gasteiger partial charge in [0.2, 0.25) is 10.0 Å². The Kier molecular flexibility index (Phi) is 4.21. The predicted molar refractivity (Wildman–Crippen MR) is 66.9 cm³/mol. The number of sulfonamides is 1. The van der Waals surface area contributed by atoms with Crippen LogP contribution in [0.5, 0.6) is 0 Å². The highest BCUT2D eigenvalue weighted by Crippen LogP contribution is 2.33. The lowest BCUT2D eigenvalue weighted by Crippen LogP contribution is -2.24. The largest absolute Gasteiger partial charge is 0.416 e. The van der Waals surface area contributed by atoms with Crippen molar-refractivity contribution in [2.24, 2.45) is 0 Å². The fourth-order valence-electron chi connectivity index (χ4n) is 1.44. The van der Waals surface area contributed by atoms with Crippen molar-refractivity contribution in [3.05, 3.63) is 40.9 Å². The average Bonchev–Trinajstić information content (AvgIpc) is 2.88. The first-order chi connectivity index (χ1) is 9.70. The Labute approximate surface area is 122 Å². The molecule has 0 atom stereocenters. The highest BCUT2D eigenvalue weighted by molar-refractivity contribution is 7.89. The number of H-pyrrole nitrogens is 1. The zero-order valence-electron chi connectivity index (χ0n) is 10.1. The van der Waals surface area contributed by atoms with E-state index in [0.717, 1.165) is 6.07 Å². The SMILES string of the molecule is O=S(=O)(NCc1ncn[nH]1)c1cc(C(F)(F)F)ccc1Cl. The summed E-state index contributed by atoms with van der Waals surface area (Å²) in [6.45, 7) is -0.255. The third-order valence-corrected chi connectivity index (χ3v) is 4.33.